The number of hydrogen-bond acceptors (Lipinski definition) is 4. The van der Waals surface area contributed by atoms with Gasteiger partial charge in [0.25, 0.3) is 0 Å². The van der Waals surface area contributed by atoms with Gasteiger partial charge < -0.3 is 4.74 Å². The van der Waals surface area contributed by atoms with Gasteiger partial charge in [-0.3, -0.25) is 4.79 Å². The Kier molecular flexibility index (Phi) is 8.85. The molecule has 1 unspecified atom stereocenters. The summed E-state index contributed by atoms with van der Waals surface area (Å²) in [6, 6.07) is 7.56. The molecule has 162 valence electrons. The molecule has 4 heteroatoms. The van der Waals surface area contributed by atoms with E-state index in [9.17, 15) is 4.79 Å². The van der Waals surface area contributed by atoms with Crippen LogP contribution in [-0.2, 0) is 17.6 Å². The predicted molar refractivity (Wildman–Crippen MR) is 122 cm³/mol. The molecule has 4 nitrogen and oxygen atoms in total. The molecule has 0 amide bonds. The maximum atomic E-state index is 12.0. The Morgan fingerprint density at radius 1 is 1.03 bits per heavy atom. The number of carbonyl (C=O) groups excluding carboxylic acids is 1. The summed E-state index contributed by atoms with van der Waals surface area (Å²) in [5.41, 5.74) is 3.49. The quantitative estimate of drug-likeness (QED) is 0.236. The molecule has 1 aliphatic carbocycles. The van der Waals surface area contributed by atoms with E-state index in [1.165, 1.54) is 56.2 Å². The van der Waals surface area contributed by atoms with Crippen LogP contribution in [0.1, 0.15) is 89.3 Å². The molecule has 0 bridgehead atoms. The number of carbonyl (C=O) groups is 1. The Labute approximate surface area is 181 Å². The van der Waals surface area contributed by atoms with E-state index in [4.69, 9.17) is 9.72 Å². The molecular weight excluding hydrogens is 372 g/mol. The molecule has 0 radical (unpaired) electrons. The Bertz CT molecular complexity index is 801. The van der Waals surface area contributed by atoms with E-state index in [0.717, 1.165) is 43.0 Å². The van der Waals surface area contributed by atoms with Crippen molar-refractivity contribution in [2.24, 2.45) is 5.92 Å². The number of hydrogen-bond donors (Lipinski definition) is 0. The number of fused-ring (bicyclic) bond motifs is 1. The van der Waals surface area contributed by atoms with Gasteiger partial charge in [-0.25, -0.2) is 9.97 Å². The van der Waals surface area contributed by atoms with Gasteiger partial charge in [0.05, 0.1) is 0 Å². The van der Waals surface area contributed by atoms with E-state index in [-0.39, 0.29) is 5.97 Å². The molecule has 1 heterocycles. The minimum atomic E-state index is -0.155. The molecule has 1 atom stereocenters. The Morgan fingerprint density at radius 3 is 2.57 bits per heavy atom. The van der Waals surface area contributed by atoms with Crippen molar-refractivity contribution in [1.29, 1.82) is 0 Å². The summed E-state index contributed by atoms with van der Waals surface area (Å²) in [6.07, 6.45) is 15.5. The first-order valence-electron chi connectivity index (χ1n) is 11.9. The van der Waals surface area contributed by atoms with Crippen molar-refractivity contribution in [1.82, 2.24) is 9.97 Å². The highest BCUT2D eigenvalue weighted by atomic mass is 16.5. The highest BCUT2D eigenvalue weighted by molar-refractivity contribution is 5.72. The van der Waals surface area contributed by atoms with Gasteiger partial charge in [-0.2, -0.15) is 0 Å². The second kappa shape index (κ2) is 11.8. The van der Waals surface area contributed by atoms with Gasteiger partial charge >= 0.3 is 5.97 Å². The van der Waals surface area contributed by atoms with Crippen molar-refractivity contribution in [3.05, 3.63) is 41.7 Å². The van der Waals surface area contributed by atoms with E-state index in [1.807, 2.05) is 30.5 Å². The van der Waals surface area contributed by atoms with E-state index in [1.54, 1.807) is 0 Å². The summed E-state index contributed by atoms with van der Waals surface area (Å²) in [4.78, 5) is 21.4. The fourth-order valence-corrected chi connectivity index (χ4v) is 4.20. The van der Waals surface area contributed by atoms with E-state index < -0.39 is 0 Å². The largest absolute Gasteiger partial charge is 0.427 e. The molecule has 30 heavy (non-hydrogen) atoms. The first-order valence-corrected chi connectivity index (χ1v) is 11.9. The number of aromatic nitrogens is 2. The molecule has 0 N–H and O–H groups in total. The van der Waals surface area contributed by atoms with E-state index in [2.05, 4.69) is 18.8 Å². The van der Waals surface area contributed by atoms with Crippen molar-refractivity contribution in [2.45, 2.75) is 90.9 Å². The maximum Gasteiger partial charge on any atom is 0.311 e. The molecule has 1 aromatic heterocycles. The second-order valence-electron chi connectivity index (χ2n) is 8.58. The third-order valence-corrected chi connectivity index (χ3v) is 6.05. The standard InChI is InChI=1S/C26H36N2O2/c1-3-5-7-9-11-25(29)30-23-15-13-21(14-16-23)26-27-19-22-18-20(10-8-6-4-2)12-17-24(22)28-26/h13-16,19-20H,3-12,17-18H2,1-2H3. The molecule has 0 aliphatic heterocycles. The number of benzene rings is 1. The van der Waals surface area contributed by atoms with Crippen molar-refractivity contribution < 1.29 is 9.53 Å². The van der Waals surface area contributed by atoms with Crippen molar-refractivity contribution in [3.8, 4) is 17.1 Å². The van der Waals surface area contributed by atoms with Gasteiger partial charge in [-0.1, -0.05) is 58.8 Å². The first kappa shape index (κ1) is 22.5. The Morgan fingerprint density at radius 2 is 1.80 bits per heavy atom. The van der Waals surface area contributed by atoms with E-state index >= 15 is 0 Å². The molecule has 0 saturated carbocycles. The van der Waals surface area contributed by atoms with Gasteiger partial charge in [0, 0.05) is 23.9 Å². The number of aryl methyl sites for hydroxylation is 1. The van der Waals surface area contributed by atoms with Gasteiger partial charge in [-0.05, 0) is 61.4 Å². The monoisotopic (exact) mass is 408 g/mol. The smallest absolute Gasteiger partial charge is 0.311 e. The van der Waals surface area contributed by atoms with Crippen LogP contribution in [0.15, 0.2) is 30.5 Å². The number of rotatable bonds is 11. The van der Waals surface area contributed by atoms with Crippen molar-refractivity contribution in [3.63, 3.8) is 0 Å². The summed E-state index contributed by atoms with van der Waals surface area (Å²) < 4.78 is 5.45. The molecule has 2 aromatic rings. The number of ether oxygens (including phenoxy) is 1. The third kappa shape index (κ3) is 6.65. The maximum absolute atomic E-state index is 12.0. The molecule has 0 fully saturated rings. The summed E-state index contributed by atoms with van der Waals surface area (Å²) in [6.45, 7) is 4.42. The van der Waals surface area contributed by atoms with Crippen LogP contribution in [0.4, 0.5) is 0 Å². The van der Waals surface area contributed by atoms with Crippen molar-refractivity contribution in [2.75, 3.05) is 0 Å². The van der Waals surface area contributed by atoms with Gasteiger partial charge in [0.2, 0.25) is 0 Å². The zero-order chi connectivity index (χ0) is 21.2. The SMILES string of the molecule is CCCCCCC(=O)Oc1ccc(-c2ncc3c(n2)CCC(CCCCC)C3)cc1. The lowest BCUT2D eigenvalue weighted by molar-refractivity contribution is -0.134. The van der Waals surface area contributed by atoms with Gasteiger partial charge in [0.15, 0.2) is 5.82 Å². The number of unbranched alkanes of at least 4 members (excludes halogenated alkanes) is 5. The lowest BCUT2D eigenvalue weighted by atomic mass is 9.84. The Balaban J connectivity index is 1.55. The van der Waals surface area contributed by atoms with E-state index in [0.29, 0.717) is 12.2 Å². The van der Waals surface area contributed by atoms with Crippen LogP contribution >= 0.6 is 0 Å². The van der Waals surface area contributed by atoms with Gasteiger partial charge in [-0.15, -0.1) is 0 Å². The minimum absolute atomic E-state index is 0.155. The molecule has 1 aromatic carbocycles. The first-order chi connectivity index (χ1) is 14.7. The fourth-order valence-electron chi connectivity index (χ4n) is 4.20. The molecule has 0 saturated heterocycles. The second-order valence-corrected chi connectivity index (χ2v) is 8.58. The van der Waals surface area contributed by atoms with Crippen LogP contribution in [-0.4, -0.2) is 15.9 Å². The van der Waals surface area contributed by atoms with Gasteiger partial charge in [0.1, 0.15) is 5.75 Å². The van der Waals surface area contributed by atoms with Crippen LogP contribution in [0.2, 0.25) is 0 Å². The number of esters is 1. The third-order valence-electron chi connectivity index (χ3n) is 6.05. The molecule has 3 rings (SSSR count). The number of nitrogens with zero attached hydrogens (tertiary/aromatic N) is 2. The molecular formula is C26H36N2O2. The van der Waals surface area contributed by atoms with Crippen molar-refractivity contribution >= 4 is 5.97 Å². The lowest BCUT2D eigenvalue weighted by Crippen LogP contribution is -2.16. The highest BCUT2D eigenvalue weighted by Crippen LogP contribution is 2.29. The summed E-state index contributed by atoms with van der Waals surface area (Å²) >= 11 is 0. The Hall–Kier alpha value is -2.23. The fraction of sp³-hybridized carbons (Fsp3) is 0.577. The van der Waals surface area contributed by atoms with Crippen LogP contribution in [0.3, 0.4) is 0 Å². The van der Waals surface area contributed by atoms with Crippen LogP contribution in [0.5, 0.6) is 5.75 Å². The minimum Gasteiger partial charge on any atom is -0.427 e. The summed E-state index contributed by atoms with van der Waals surface area (Å²) in [5.74, 6) is 1.98. The average molecular weight is 409 g/mol. The predicted octanol–water partition coefficient (Wildman–Crippen LogP) is 6.70. The molecule has 0 spiro atoms. The summed E-state index contributed by atoms with van der Waals surface area (Å²) in [7, 11) is 0. The lowest BCUT2D eigenvalue weighted by Gasteiger charge is -2.23. The van der Waals surface area contributed by atoms with Crippen LogP contribution in [0.25, 0.3) is 11.4 Å². The highest BCUT2D eigenvalue weighted by Gasteiger charge is 2.20. The van der Waals surface area contributed by atoms with Crippen LogP contribution < -0.4 is 4.74 Å². The topological polar surface area (TPSA) is 52.1 Å². The summed E-state index contributed by atoms with van der Waals surface area (Å²) in [5, 5.41) is 0. The normalized spacial score (nSPS) is 15.6. The van der Waals surface area contributed by atoms with Crippen LogP contribution in [0, 0.1) is 5.92 Å². The zero-order valence-electron chi connectivity index (χ0n) is 18.7. The molecule has 1 aliphatic rings. The zero-order valence-corrected chi connectivity index (χ0v) is 18.7. The average Bonchev–Trinajstić information content (AvgIpc) is 2.77.